The summed E-state index contributed by atoms with van der Waals surface area (Å²) in [5, 5.41) is 15.8. The molecule has 17 heavy (non-hydrogen) atoms. The first-order chi connectivity index (χ1) is 8.22. The van der Waals surface area contributed by atoms with Crippen LogP contribution in [0.2, 0.25) is 0 Å². The number of nitrogens with one attached hydrogen (secondary N) is 2. The zero-order chi connectivity index (χ0) is 12.3. The molecular formula is C12H22N2O3. The lowest BCUT2D eigenvalue weighted by atomic mass is 10.0. The Balaban J connectivity index is 1.74. The highest BCUT2D eigenvalue weighted by Crippen LogP contribution is 2.32. The fourth-order valence-electron chi connectivity index (χ4n) is 2.26. The maximum Gasteiger partial charge on any atom is 0.227 e. The Hall–Kier alpha value is -0.650. The standard InChI is InChI=1S/C12H22N2O3/c1-2-13-10-7-17-6-9(10)12(16)14-5-11(15)8-3-4-8/h8-11,13,15H,2-7H2,1H3,(H,14,16). The smallest absolute Gasteiger partial charge is 0.227 e. The van der Waals surface area contributed by atoms with Crippen molar-refractivity contribution in [3.05, 3.63) is 0 Å². The largest absolute Gasteiger partial charge is 0.391 e. The highest BCUT2D eigenvalue weighted by Gasteiger charge is 2.35. The summed E-state index contributed by atoms with van der Waals surface area (Å²) in [6.45, 7) is 4.30. The van der Waals surface area contributed by atoms with E-state index in [0.717, 1.165) is 19.4 Å². The maximum absolute atomic E-state index is 11.9. The Labute approximate surface area is 102 Å². The molecule has 5 heteroatoms. The van der Waals surface area contributed by atoms with Gasteiger partial charge in [-0.1, -0.05) is 6.92 Å². The van der Waals surface area contributed by atoms with Crippen LogP contribution in [0.3, 0.4) is 0 Å². The Morgan fingerprint density at radius 2 is 2.24 bits per heavy atom. The van der Waals surface area contributed by atoms with Gasteiger partial charge in [0.05, 0.1) is 25.2 Å². The van der Waals surface area contributed by atoms with E-state index in [4.69, 9.17) is 4.74 Å². The van der Waals surface area contributed by atoms with Gasteiger partial charge >= 0.3 is 0 Å². The lowest BCUT2D eigenvalue weighted by Gasteiger charge is -2.19. The van der Waals surface area contributed by atoms with Gasteiger partial charge in [-0.25, -0.2) is 0 Å². The molecule has 3 unspecified atom stereocenters. The van der Waals surface area contributed by atoms with Crippen molar-refractivity contribution < 1.29 is 14.6 Å². The lowest BCUT2D eigenvalue weighted by molar-refractivity contribution is -0.125. The number of ether oxygens (including phenoxy) is 1. The lowest BCUT2D eigenvalue weighted by Crippen LogP contribution is -2.45. The number of rotatable bonds is 6. The van der Waals surface area contributed by atoms with Crippen molar-refractivity contribution in [3.63, 3.8) is 0 Å². The van der Waals surface area contributed by atoms with Crippen LogP contribution in [-0.4, -0.2) is 49.5 Å². The third kappa shape index (κ3) is 3.40. The van der Waals surface area contributed by atoms with Crippen LogP contribution in [0.5, 0.6) is 0 Å². The van der Waals surface area contributed by atoms with E-state index in [0.29, 0.717) is 25.7 Å². The van der Waals surface area contributed by atoms with Crippen molar-refractivity contribution in [1.29, 1.82) is 0 Å². The van der Waals surface area contributed by atoms with Crippen LogP contribution in [0, 0.1) is 11.8 Å². The number of hydrogen-bond donors (Lipinski definition) is 3. The molecule has 0 aromatic rings. The molecule has 5 nitrogen and oxygen atoms in total. The van der Waals surface area contributed by atoms with Gasteiger partial charge in [0.25, 0.3) is 0 Å². The SMILES string of the molecule is CCNC1COCC1C(=O)NCC(O)C1CC1. The normalized spacial score (nSPS) is 30.2. The summed E-state index contributed by atoms with van der Waals surface area (Å²) >= 11 is 0. The molecule has 1 aliphatic heterocycles. The quantitative estimate of drug-likeness (QED) is 0.587. The number of aliphatic hydroxyl groups excluding tert-OH is 1. The average Bonchev–Trinajstić information content (AvgIpc) is 3.07. The van der Waals surface area contributed by atoms with Crippen LogP contribution in [0.15, 0.2) is 0 Å². The minimum Gasteiger partial charge on any atom is -0.391 e. The molecule has 3 atom stereocenters. The zero-order valence-corrected chi connectivity index (χ0v) is 10.3. The number of carbonyl (C=O) groups excluding carboxylic acids is 1. The monoisotopic (exact) mass is 242 g/mol. The minimum absolute atomic E-state index is 0.00634. The van der Waals surface area contributed by atoms with Gasteiger partial charge < -0.3 is 20.5 Å². The van der Waals surface area contributed by atoms with Crippen LogP contribution in [-0.2, 0) is 9.53 Å². The van der Waals surface area contributed by atoms with Crippen LogP contribution >= 0.6 is 0 Å². The minimum atomic E-state index is -0.376. The van der Waals surface area contributed by atoms with Crippen LogP contribution in [0.4, 0.5) is 0 Å². The molecule has 1 saturated heterocycles. The Kier molecular flexibility index (Phi) is 4.36. The molecule has 1 saturated carbocycles. The van der Waals surface area contributed by atoms with Gasteiger partial charge in [0, 0.05) is 12.6 Å². The van der Waals surface area contributed by atoms with Gasteiger partial charge in [-0.15, -0.1) is 0 Å². The molecule has 0 aromatic carbocycles. The molecule has 3 N–H and O–H groups in total. The van der Waals surface area contributed by atoms with Crippen LogP contribution in [0.25, 0.3) is 0 Å². The van der Waals surface area contributed by atoms with Crippen molar-refractivity contribution >= 4 is 5.91 Å². The van der Waals surface area contributed by atoms with Gasteiger partial charge in [-0.2, -0.15) is 0 Å². The second-order valence-electron chi connectivity index (χ2n) is 4.96. The summed E-state index contributed by atoms with van der Waals surface area (Å²) in [6.07, 6.45) is 1.80. The van der Waals surface area contributed by atoms with E-state index in [1.165, 1.54) is 0 Å². The van der Waals surface area contributed by atoms with E-state index < -0.39 is 0 Å². The molecule has 0 bridgehead atoms. The fourth-order valence-corrected chi connectivity index (χ4v) is 2.26. The van der Waals surface area contributed by atoms with E-state index in [1.54, 1.807) is 0 Å². The first-order valence-corrected chi connectivity index (χ1v) is 6.49. The van der Waals surface area contributed by atoms with E-state index in [-0.39, 0.29) is 24.0 Å². The summed E-state index contributed by atoms with van der Waals surface area (Å²) in [5.74, 6) is 0.272. The summed E-state index contributed by atoms with van der Waals surface area (Å²) in [5.41, 5.74) is 0. The number of amides is 1. The first-order valence-electron chi connectivity index (χ1n) is 6.49. The molecule has 0 radical (unpaired) electrons. The molecule has 2 rings (SSSR count). The van der Waals surface area contributed by atoms with E-state index in [1.807, 2.05) is 6.92 Å². The molecule has 1 amide bonds. The topological polar surface area (TPSA) is 70.6 Å². The zero-order valence-electron chi connectivity index (χ0n) is 10.3. The van der Waals surface area contributed by atoms with Gasteiger partial charge in [-0.05, 0) is 25.3 Å². The maximum atomic E-state index is 11.9. The van der Waals surface area contributed by atoms with E-state index in [2.05, 4.69) is 10.6 Å². The number of likely N-dealkylation sites (N-methyl/N-ethyl adjacent to an activating group) is 1. The second kappa shape index (κ2) is 5.80. The first kappa shape index (κ1) is 12.8. The second-order valence-corrected chi connectivity index (χ2v) is 4.96. The summed E-state index contributed by atoms with van der Waals surface area (Å²) in [4.78, 5) is 11.9. The summed E-state index contributed by atoms with van der Waals surface area (Å²) in [7, 11) is 0. The number of carbonyl (C=O) groups is 1. The van der Waals surface area contributed by atoms with Crippen molar-refractivity contribution in [1.82, 2.24) is 10.6 Å². The predicted molar refractivity (Wildman–Crippen MR) is 63.5 cm³/mol. The molecule has 98 valence electrons. The number of aliphatic hydroxyl groups is 1. The molecule has 2 aliphatic rings. The van der Waals surface area contributed by atoms with Crippen molar-refractivity contribution in [2.24, 2.45) is 11.8 Å². The molecule has 0 aromatic heterocycles. The van der Waals surface area contributed by atoms with Gasteiger partial charge in [0.15, 0.2) is 0 Å². The van der Waals surface area contributed by atoms with Gasteiger partial charge in [0.1, 0.15) is 0 Å². The number of hydrogen-bond acceptors (Lipinski definition) is 4. The summed E-state index contributed by atoms with van der Waals surface area (Å²) < 4.78 is 5.32. The Bertz CT molecular complexity index is 268. The molecule has 2 fully saturated rings. The molecule has 0 spiro atoms. The predicted octanol–water partition coefficient (Wildman–Crippen LogP) is -0.502. The molecule has 1 aliphatic carbocycles. The Morgan fingerprint density at radius 3 is 2.88 bits per heavy atom. The molecule has 1 heterocycles. The highest BCUT2D eigenvalue weighted by atomic mass is 16.5. The van der Waals surface area contributed by atoms with Gasteiger partial charge in [-0.3, -0.25) is 4.79 Å². The fraction of sp³-hybridized carbons (Fsp3) is 0.917. The third-order valence-corrected chi connectivity index (χ3v) is 3.54. The van der Waals surface area contributed by atoms with Crippen molar-refractivity contribution in [2.75, 3.05) is 26.3 Å². The van der Waals surface area contributed by atoms with Crippen LogP contribution < -0.4 is 10.6 Å². The average molecular weight is 242 g/mol. The molecular weight excluding hydrogens is 220 g/mol. The van der Waals surface area contributed by atoms with E-state index >= 15 is 0 Å². The van der Waals surface area contributed by atoms with E-state index in [9.17, 15) is 9.90 Å². The van der Waals surface area contributed by atoms with Crippen molar-refractivity contribution in [3.8, 4) is 0 Å². The van der Waals surface area contributed by atoms with Gasteiger partial charge in [0.2, 0.25) is 5.91 Å². The summed E-state index contributed by atoms with van der Waals surface area (Å²) in [6, 6.07) is 0.109. The van der Waals surface area contributed by atoms with Crippen molar-refractivity contribution in [2.45, 2.75) is 31.9 Å². The highest BCUT2D eigenvalue weighted by molar-refractivity contribution is 5.79. The van der Waals surface area contributed by atoms with Crippen LogP contribution in [0.1, 0.15) is 19.8 Å². The Morgan fingerprint density at radius 1 is 1.47 bits per heavy atom. The third-order valence-electron chi connectivity index (χ3n) is 3.54.